The average molecular weight is 267 g/mol. The second-order valence-electron chi connectivity index (χ2n) is 3.04. The van der Waals surface area contributed by atoms with Crippen molar-refractivity contribution in [2.24, 2.45) is 0 Å². The summed E-state index contributed by atoms with van der Waals surface area (Å²) in [6.07, 6.45) is 4.23. The molecule has 4 nitrogen and oxygen atoms in total. The molecule has 0 saturated heterocycles. The van der Waals surface area contributed by atoms with Gasteiger partial charge in [0.05, 0.1) is 4.92 Å². The van der Waals surface area contributed by atoms with E-state index in [2.05, 4.69) is 20.9 Å². The molecule has 0 aliphatic carbocycles. The molecule has 0 unspecified atom stereocenters. The first-order chi connectivity index (χ1) is 7.16. The van der Waals surface area contributed by atoms with Crippen LogP contribution in [0.4, 0.5) is 0 Å². The van der Waals surface area contributed by atoms with Crippen molar-refractivity contribution in [3.8, 4) is 0 Å². The van der Waals surface area contributed by atoms with E-state index in [1.54, 1.807) is 6.20 Å². The molecule has 0 radical (unpaired) electrons. The zero-order valence-corrected chi connectivity index (χ0v) is 9.19. The largest absolute Gasteiger partial charge is 0.361 e. The fraction of sp³-hybridized carbons (Fsp3) is 0. The van der Waals surface area contributed by atoms with Crippen molar-refractivity contribution >= 4 is 32.9 Å². The number of hydrogen-bond acceptors (Lipinski definition) is 2. The molecule has 0 aliphatic heterocycles. The van der Waals surface area contributed by atoms with Crippen LogP contribution in [-0.4, -0.2) is 9.91 Å². The summed E-state index contributed by atoms with van der Waals surface area (Å²) in [6, 6.07) is 5.66. The molecule has 1 aromatic heterocycles. The highest BCUT2D eigenvalue weighted by Gasteiger charge is 2.02. The number of rotatable bonds is 2. The second-order valence-corrected chi connectivity index (χ2v) is 3.95. The molecule has 1 heterocycles. The fourth-order valence-electron chi connectivity index (χ4n) is 1.44. The normalized spacial score (nSPS) is 11.3. The Labute approximate surface area is 93.9 Å². The van der Waals surface area contributed by atoms with Crippen LogP contribution in [0, 0.1) is 10.1 Å². The van der Waals surface area contributed by atoms with Gasteiger partial charge >= 0.3 is 0 Å². The first-order valence-electron chi connectivity index (χ1n) is 4.25. The number of nitro groups is 1. The third-order valence-electron chi connectivity index (χ3n) is 2.04. The molecule has 0 fully saturated rings. The molecule has 1 N–H and O–H groups in total. The van der Waals surface area contributed by atoms with Gasteiger partial charge in [-0.3, -0.25) is 10.1 Å². The van der Waals surface area contributed by atoms with Crippen LogP contribution in [-0.2, 0) is 0 Å². The van der Waals surface area contributed by atoms with Crippen molar-refractivity contribution in [3.05, 3.63) is 50.7 Å². The van der Waals surface area contributed by atoms with E-state index in [1.807, 2.05) is 18.2 Å². The number of fused-ring (bicyclic) bond motifs is 1. The van der Waals surface area contributed by atoms with Crippen molar-refractivity contribution in [1.82, 2.24) is 4.98 Å². The summed E-state index contributed by atoms with van der Waals surface area (Å²) >= 11 is 3.35. The summed E-state index contributed by atoms with van der Waals surface area (Å²) in [5, 5.41) is 11.2. The minimum atomic E-state index is -0.473. The van der Waals surface area contributed by atoms with Gasteiger partial charge in [0.15, 0.2) is 0 Å². The lowest BCUT2D eigenvalue weighted by Gasteiger charge is -1.97. The van der Waals surface area contributed by atoms with Crippen molar-refractivity contribution in [1.29, 1.82) is 0 Å². The minimum Gasteiger partial charge on any atom is -0.361 e. The Morgan fingerprint density at radius 1 is 1.47 bits per heavy atom. The molecule has 15 heavy (non-hydrogen) atoms. The first kappa shape index (κ1) is 9.92. The maximum absolute atomic E-state index is 10.2. The van der Waals surface area contributed by atoms with Gasteiger partial charge in [0.25, 0.3) is 0 Å². The van der Waals surface area contributed by atoms with Gasteiger partial charge in [-0.15, -0.1) is 0 Å². The summed E-state index contributed by atoms with van der Waals surface area (Å²) in [5.74, 6) is 0. The average Bonchev–Trinajstić information content (AvgIpc) is 2.61. The van der Waals surface area contributed by atoms with Crippen LogP contribution < -0.4 is 0 Å². The predicted octanol–water partition coefficient (Wildman–Crippen LogP) is 3.18. The monoisotopic (exact) mass is 266 g/mol. The van der Waals surface area contributed by atoms with E-state index in [1.165, 1.54) is 6.08 Å². The molecule has 76 valence electrons. The van der Waals surface area contributed by atoms with Gasteiger partial charge in [-0.2, -0.15) is 0 Å². The number of aromatic amines is 1. The topological polar surface area (TPSA) is 58.9 Å². The van der Waals surface area contributed by atoms with E-state index in [-0.39, 0.29) is 0 Å². The molecule has 2 aromatic rings. The molecular weight excluding hydrogens is 260 g/mol. The molecular formula is C10H7BrN2O2. The van der Waals surface area contributed by atoms with Crippen LogP contribution in [0.1, 0.15) is 5.56 Å². The maximum atomic E-state index is 10.2. The predicted molar refractivity (Wildman–Crippen MR) is 62.0 cm³/mol. The Bertz CT molecular complexity index is 545. The summed E-state index contributed by atoms with van der Waals surface area (Å²) in [4.78, 5) is 12.8. The van der Waals surface area contributed by atoms with E-state index < -0.39 is 4.92 Å². The highest BCUT2D eigenvalue weighted by molar-refractivity contribution is 9.10. The van der Waals surface area contributed by atoms with Crippen molar-refractivity contribution in [2.45, 2.75) is 0 Å². The first-order valence-corrected chi connectivity index (χ1v) is 5.04. The molecule has 1 aromatic carbocycles. The van der Waals surface area contributed by atoms with Gasteiger partial charge in [-0.1, -0.05) is 15.9 Å². The van der Waals surface area contributed by atoms with Crippen LogP contribution >= 0.6 is 15.9 Å². The number of nitrogens with zero attached hydrogens (tertiary/aromatic N) is 1. The zero-order chi connectivity index (χ0) is 10.8. The molecule has 2 rings (SSSR count). The quantitative estimate of drug-likeness (QED) is 0.671. The Balaban J connectivity index is 2.58. The van der Waals surface area contributed by atoms with Gasteiger partial charge in [-0.25, -0.2) is 0 Å². The number of aromatic nitrogens is 1. The Morgan fingerprint density at radius 3 is 3.00 bits per heavy atom. The summed E-state index contributed by atoms with van der Waals surface area (Å²) < 4.78 is 0.889. The zero-order valence-electron chi connectivity index (χ0n) is 7.61. The van der Waals surface area contributed by atoms with E-state index >= 15 is 0 Å². The van der Waals surface area contributed by atoms with Gasteiger partial charge in [0.1, 0.15) is 0 Å². The lowest BCUT2D eigenvalue weighted by atomic mass is 10.1. The highest BCUT2D eigenvalue weighted by Crippen LogP contribution is 2.24. The SMILES string of the molecule is O=[N+]([O-])C=Cc1cc(Br)cc2[nH]ccc12. The highest BCUT2D eigenvalue weighted by atomic mass is 79.9. The number of benzene rings is 1. The van der Waals surface area contributed by atoms with Crippen molar-refractivity contribution in [3.63, 3.8) is 0 Å². The van der Waals surface area contributed by atoms with E-state index in [0.29, 0.717) is 0 Å². The van der Waals surface area contributed by atoms with Crippen molar-refractivity contribution < 1.29 is 4.92 Å². The van der Waals surface area contributed by atoms with E-state index in [4.69, 9.17) is 0 Å². The number of halogens is 1. The number of H-pyrrole nitrogens is 1. The smallest absolute Gasteiger partial charge is 0.235 e. The van der Waals surface area contributed by atoms with Gasteiger partial charge in [0.2, 0.25) is 6.20 Å². The minimum absolute atomic E-state index is 0.473. The van der Waals surface area contributed by atoms with Gasteiger partial charge in [0, 0.05) is 27.6 Å². The summed E-state index contributed by atoms with van der Waals surface area (Å²) in [7, 11) is 0. The molecule has 0 spiro atoms. The Morgan fingerprint density at radius 2 is 2.27 bits per heavy atom. The summed E-state index contributed by atoms with van der Waals surface area (Å²) in [5.41, 5.74) is 1.77. The second kappa shape index (κ2) is 3.86. The molecule has 5 heteroatoms. The Kier molecular flexibility index (Phi) is 2.55. The fourth-order valence-corrected chi connectivity index (χ4v) is 1.91. The van der Waals surface area contributed by atoms with E-state index in [9.17, 15) is 10.1 Å². The molecule has 0 atom stereocenters. The Hall–Kier alpha value is -1.62. The number of nitrogens with one attached hydrogen (secondary N) is 1. The van der Waals surface area contributed by atoms with Gasteiger partial charge in [-0.05, 0) is 23.8 Å². The molecule has 0 aliphatic rings. The number of hydrogen-bond donors (Lipinski definition) is 1. The van der Waals surface area contributed by atoms with E-state index in [0.717, 1.165) is 27.1 Å². The third kappa shape index (κ3) is 2.07. The van der Waals surface area contributed by atoms with Crippen LogP contribution in [0.2, 0.25) is 0 Å². The van der Waals surface area contributed by atoms with Crippen LogP contribution in [0.3, 0.4) is 0 Å². The van der Waals surface area contributed by atoms with Crippen LogP contribution in [0.5, 0.6) is 0 Å². The van der Waals surface area contributed by atoms with Crippen LogP contribution in [0.25, 0.3) is 17.0 Å². The third-order valence-corrected chi connectivity index (χ3v) is 2.50. The van der Waals surface area contributed by atoms with Crippen LogP contribution in [0.15, 0.2) is 35.1 Å². The molecule has 0 amide bonds. The molecule has 0 bridgehead atoms. The lowest BCUT2D eigenvalue weighted by molar-refractivity contribution is -0.400. The lowest BCUT2D eigenvalue weighted by Crippen LogP contribution is -1.83. The van der Waals surface area contributed by atoms with Gasteiger partial charge < -0.3 is 4.98 Å². The summed E-state index contributed by atoms with van der Waals surface area (Å²) in [6.45, 7) is 0. The maximum Gasteiger partial charge on any atom is 0.235 e. The molecule has 0 saturated carbocycles. The van der Waals surface area contributed by atoms with Crippen molar-refractivity contribution in [2.75, 3.05) is 0 Å². The standard InChI is InChI=1S/C10H7BrN2O2/c11-8-5-7(2-4-13(14)15)9-1-3-12-10(9)6-8/h1-6,12H.